The number of halogens is 2. The molecule has 1 aromatic heterocycles. The van der Waals surface area contributed by atoms with Gasteiger partial charge in [-0.2, -0.15) is 0 Å². The second kappa shape index (κ2) is 8.89. The molecule has 1 unspecified atom stereocenters. The Labute approximate surface area is 156 Å². The topological polar surface area (TPSA) is 64.9 Å². The number of rotatable bonds is 7. The molecule has 0 saturated carbocycles. The summed E-state index contributed by atoms with van der Waals surface area (Å²) in [7, 11) is 5.10. The van der Waals surface area contributed by atoms with Gasteiger partial charge in [0.2, 0.25) is 0 Å². The van der Waals surface area contributed by atoms with E-state index in [1.807, 2.05) is 25.2 Å². The monoisotopic (exact) mass is 384 g/mol. The van der Waals surface area contributed by atoms with Crippen molar-refractivity contribution in [3.63, 3.8) is 0 Å². The van der Waals surface area contributed by atoms with Crippen LogP contribution in [-0.2, 0) is 11.3 Å². The van der Waals surface area contributed by atoms with Crippen LogP contribution >= 0.6 is 23.2 Å². The average Bonchev–Trinajstić information content (AvgIpc) is 2.57. The van der Waals surface area contributed by atoms with Gasteiger partial charge in [0.05, 0.1) is 36.9 Å². The molecule has 2 N–H and O–H groups in total. The lowest BCUT2D eigenvalue weighted by Gasteiger charge is -2.17. The number of carbonyl (C=O) groups excluding carboxylic acids is 1. The lowest BCUT2D eigenvalue weighted by atomic mass is 10.1. The van der Waals surface area contributed by atoms with Crippen molar-refractivity contribution in [1.29, 1.82) is 0 Å². The zero-order chi connectivity index (χ0) is 18.4. The van der Waals surface area contributed by atoms with Crippen molar-refractivity contribution in [2.75, 3.05) is 33.1 Å². The molecule has 0 spiro atoms. The predicted octanol–water partition coefficient (Wildman–Crippen LogP) is 2.06. The maximum absolute atomic E-state index is 12.2. The number of aromatic nitrogens is 1. The minimum absolute atomic E-state index is 0.198. The first-order valence-corrected chi connectivity index (χ1v) is 8.32. The van der Waals surface area contributed by atoms with Crippen LogP contribution in [0.15, 0.2) is 30.5 Å². The highest BCUT2D eigenvalue weighted by Gasteiger charge is 2.17. The Bertz CT molecular complexity index is 756. The summed E-state index contributed by atoms with van der Waals surface area (Å²) >= 11 is 11.8. The highest BCUT2D eigenvalue weighted by molar-refractivity contribution is 6.36. The van der Waals surface area contributed by atoms with Crippen molar-refractivity contribution in [3.05, 3.63) is 46.1 Å². The highest BCUT2D eigenvalue weighted by atomic mass is 35.5. The molecule has 8 heteroatoms. The van der Waals surface area contributed by atoms with Gasteiger partial charge in [-0.15, -0.1) is 0 Å². The first kappa shape index (κ1) is 19.3. The Morgan fingerprint density at radius 3 is 2.68 bits per heavy atom. The number of hydrogen-bond acceptors (Lipinski definition) is 4. The van der Waals surface area contributed by atoms with Gasteiger partial charge in [0.25, 0.3) is 5.91 Å². The predicted molar refractivity (Wildman–Crippen MR) is 97.9 cm³/mol. The van der Waals surface area contributed by atoms with Crippen LogP contribution < -0.4 is 19.7 Å². The lowest BCUT2D eigenvalue weighted by molar-refractivity contribution is -0.885. The molecule has 2 aromatic rings. The lowest BCUT2D eigenvalue weighted by Crippen LogP contribution is -3.08. The summed E-state index contributed by atoms with van der Waals surface area (Å²) in [6.45, 7) is 0.830. The van der Waals surface area contributed by atoms with Crippen molar-refractivity contribution in [2.24, 2.45) is 0 Å². The van der Waals surface area contributed by atoms with Crippen LogP contribution in [0.2, 0.25) is 10.0 Å². The van der Waals surface area contributed by atoms with Crippen molar-refractivity contribution < 1.29 is 19.2 Å². The zero-order valence-electron chi connectivity index (χ0n) is 14.2. The van der Waals surface area contributed by atoms with E-state index in [0.29, 0.717) is 33.9 Å². The number of benzene rings is 1. The normalized spacial score (nSPS) is 11.7. The SMILES string of the molecule is COc1cccc(C[NH+](C)CC(=O)Nc2ncc(Cl)cc2Cl)c1OC. The number of likely N-dealkylation sites (N-methyl/N-ethyl adjacent to an activating group) is 1. The number of methoxy groups -OCH3 is 2. The number of quaternary nitrogens is 1. The third kappa shape index (κ3) is 5.22. The van der Waals surface area contributed by atoms with E-state index in [1.165, 1.54) is 12.3 Å². The van der Waals surface area contributed by atoms with E-state index in [0.717, 1.165) is 10.5 Å². The number of anilines is 1. The summed E-state index contributed by atoms with van der Waals surface area (Å²) in [6.07, 6.45) is 1.43. The molecule has 134 valence electrons. The quantitative estimate of drug-likeness (QED) is 0.766. The summed E-state index contributed by atoms with van der Waals surface area (Å²) in [5.74, 6) is 1.43. The third-order valence-electron chi connectivity index (χ3n) is 3.50. The molecule has 1 atom stereocenters. The van der Waals surface area contributed by atoms with Crippen molar-refractivity contribution in [3.8, 4) is 11.5 Å². The molecule has 0 bridgehead atoms. The zero-order valence-corrected chi connectivity index (χ0v) is 15.7. The smallest absolute Gasteiger partial charge is 0.280 e. The Morgan fingerprint density at radius 2 is 2.04 bits per heavy atom. The molecule has 1 heterocycles. The van der Waals surface area contributed by atoms with E-state index in [2.05, 4.69) is 10.3 Å². The van der Waals surface area contributed by atoms with Crippen LogP contribution in [0.3, 0.4) is 0 Å². The number of nitrogens with one attached hydrogen (secondary N) is 2. The molecular weight excluding hydrogens is 365 g/mol. The van der Waals surface area contributed by atoms with E-state index in [9.17, 15) is 4.79 Å². The summed E-state index contributed by atoms with van der Waals surface area (Å²) in [4.78, 5) is 17.2. The van der Waals surface area contributed by atoms with Crippen molar-refractivity contribution in [2.45, 2.75) is 6.54 Å². The number of hydrogen-bond donors (Lipinski definition) is 2. The van der Waals surface area contributed by atoms with E-state index < -0.39 is 0 Å². The second-order valence-electron chi connectivity index (χ2n) is 5.50. The molecule has 1 aromatic carbocycles. The van der Waals surface area contributed by atoms with E-state index >= 15 is 0 Å². The Hall–Kier alpha value is -2.02. The van der Waals surface area contributed by atoms with E-state index in [-0.39, 0.29) is 12.5 Å². The summed E-state index contributed by atoms with van der Waals surface area (Å²) < 4.78 is 10.7. The Kier molecular flexibility index (Phi) is 6.87. The number of nitrogens with zero attached hydrogens (tertiary/aromatic N) is 1. The van der Waals surface area contributed by atoms with Crippen LogP contribution in [0, 0.1) is 0 Å². The third-order valence-corrected chi connectivity index (χ3v) is 4.00. The fraction of sp³-hybridized carbons (Fsp3) is 0.294. The molecule has 0 aliphatic rings. The van der Waals surface area contributed by atoms with Crippen LogP contribution in [0.4, 0.5) is 5.82 Å². The Balaban J connectivity index is 2.00. The highest BCUT2D eigenvalue weighted by Crippen LogP contribution is 2.30. The summed E-state index contributed by atoms with van der Waals surface area (Å²) in [6, 6.07) is 7.20. The number of carbonyl (C=O) groups is 1. The van der Waals surface area contributed by atoms with Crippen molar-refractivity contribution in [1.82, 2.24) is 4.98 Å². The number of ether oxygens (including phenoxy) is 2. The van der Waals surface area contributed by atoms with Gasteiger partial charge in [-0.05, 0) is 18.2 Å². The van der Waals surface area contributed by atoms with Gasteiger partial charge in [0.1, 0.15) is 6.54 Å². The van der Waals surface area contributed by atoms with Gasteiger partial charge in [-0.3, -0.25) is 4.79 Å². The molecule has 0 radical (unpaired) electrons. The molecule has 25 heavy (non-hydrogen) atoms. The minimum Gasteiger partial charge on any atom is -0.493 e. The van der Waals surface area contributed by atoms with Crippen LogP contribution in [0.25, 0.3) is 0 Å². The van der Waals surface area contributed by atoms with Crippen molar-refractivity contribution >= 4 is 34.9 Å². The second-order valence-corrected chi connectivity index (χ2v) is 6.34. The minimum atomic E-state index is -0.198. The maximum atomic E-state index is 12.2. The first-order chi connectivity index (χ1) is 11.9. The van der Waals surface area contributed by atoms with Crippen LogP contribution in [0.5, 0.6) is 11.5 Å². The number of pyridine rings is 1. The van der Waals surface area contributed by atoms with E-state index in [4.69, 9.17) is 32.7 Å². The van der Waals surface area contributed by atoms with Gasteiger partial charge in [-0.25, -0.2) is 4.98 Å². The number of amides is 1. The molecule has 0 fully saturated rings. The molecular formula is C17H20Cl2N3O3+. The first-order valence-electron chi connectivity index (χ1n) is 7.56. The van der Waals surface area contributed by atoms with Crippen LogP contribution in [0.1, 0.15) is 5.56 Å². The maximum Gasteiger partial charge on any atom is 0.280 e. The molecule has 0 aliphatic heterocycles. The molecule has 1 amide bonds. The molecule has 6 nitrogen and oxygen atoms in total. The van der Waals surface area contributed by atoms with Gasteiger partial charge in [0.15, 0.2) is 23.9 Å². The standard InChI is InChI=1S/C17H19Cl2N3O3/c1-22(9-11-5-4-6-14(24-2)16(11)25-3)10-15(23)21-17-13(19)7-12(18)8-20-17/h4-8H,9-10H2,1-3H3,(H,20,21,23)/p+1. The average molecular weight is 385 g/mol. The molecule has 0 aliphatic carbocycles. The Morgan fingerprint density at radius 1 is 1.28 bits per heavy atom. The van der Waals surface area contributed by atoms with E-state index in [1.54, 1.807) is 14.2 Å². The largest absolute Gasteiger partial charge is 0.493 e. The molecule has 2 rings (SSSR count). The van der Waals surface area contributed by atoms with Crippen LogP contribution in [-0.4, -0.2) is 38.7 Å². The van der Waals surface area contributed by atoms with Gasteiger partial charge < -0.3 is 19.7 Å². The fourth-order valence-corrected chi connectivity index (χ4v) is 2.86. The van der Waals surface area contributed by atoms with Gasteiger partial charge >= 0.3 is 0 Å². The van der Waals surface area contributed by atoms with Gasteiger partial charge in [-0.1, -0.05) is 29.3 Å². The molecule has 0 saturated heterocycles. The summed E-state index contributed by atoms with van der Waals surface area (Å²) in [5, 5.41) is 3.40. The van der Waals surface area contributed by atoms with Gasteiger partial charge in [0, 0.05) is 6.20 Å². The summed E-state index contributed by atoms with van der Waals surface area (Å²) in [5.41, 5.74) is 0.954. The number of para-hydroxylation sites is 1. The fourth-order valence-electron chi connectivity index (χ4n) is 2.44.